The number of hydrogen-bond acceptors (Lipinski definition) is 4. The summed E-state index contributed by atoms with van der Waals surface area (Å²) in [6.07, 6.45) is 7.46. The van der Waals surface area contributed by atoms with Crippen LogP contribution in [0.1, 0.15) is 61.7 Å². The number of carbonyl (C=O) groups excluding carboxylic acids is 2. The van der Waals surface area contributed by atoms with Crippen LogP contribution >= 0.6 is 0 Å². The van der Waals surface area contributed by atoms with E-state index >= 15 is 0 Å². The lowest BCUT2D eigenvalue weighted by Gasteiger charge is -2.28. The largest absolute Gasteiger partial charge is 0.372 e. The third-order valence-corrected chi connectivity index (χ3v) is 5.72. The second-order valence-electron chi connectivity index (χ2n) is 7.69. The monoisotopic (exact) mass is 357 g/mol. The van der Waals surface area contributed by atoms with Gasteiger partial charge < -0.3 is 16.0 Å². The summed E-state index contributed by atoms with van der Waals surface area (Å²) in [4.78, 5) is 26.6. The van der Waals surface area contributed by atoms with Crippen LogP contribution in [0.2, 0.25) is 0 Å². The molecular formula is C21H31N3O2. The molecule has 0 unspecified atom stereocenters. The average molecular weight is 357 g/mol. The van der Waals surface area contributed by atoms with Crippen molar-refractivity contribution in [3.05, 3.63) is 29.8 Å². The number of nitrogens with zero attached hydrogens (tertiary/aromatic N) is 1. The van der Waals surface area contributed by atoms with Crippen LogP contribution in [0.5, 0.6) is 0 Å². The highest BCUT2D eigenvalue weighted by Gasteiger charge is 2.24. The van der Waals surface area contributed by atoms with Crippen molar-refractivity contribution in [2.24, 2.45) is 11.7 Å². The van der Waals surface area contributed by atoms with Gasteiger partial charge in [-0.05, 0) is 68.7 Å². The highest BCUT2D eigenvalue weighted by Crippen LogP contribution is 2.29. The van der Waals surface area contributed by atoms with E-state index in [-0.39, 0.29) is 17.7 Å². The number of ketones is 1. The molecule has 5 nitrogen and oxygen atoms in total. The second-order valence-corrected chi connectivity index (χ2v) is 7.69. The van der Waals surface area contributed by atoms with Crippen molar-refractivity contribution in [3.8, 4) is 0 Å². The Morgan fingerprint density at radius 3 is 2.31 bits per heavy atom. The van der Waals surface area contributed by atoms with Gasteiger partial charge in [-0.25, -0.2) is 0 Å². The Hall–Kier alpha value is -1.88. The maximum atomic E-state index is 12.6. The molecule has 26 heavy (non-hydrogen) atoms. The predicted molar refractivity (Wildman–Crippen MR) is 104 cm³/mol. The fraction of sp³-hybridized carbons (Fsp3) is 0.619. The standard InChI is InChI=1S/C21H31N3O2/c22-12-11-21(26)23-18-7-3-16(4-8-18)15-20(25)17-5-9-19(10-6-17)24-13-1-2-14-24/h5-6,9-10,16,18H,1-4,7-8,11-15,22H2,(H,23,26). The van der Waals surface area contributed by atoms with Gasteiger partial charge in [0.2, 0.25) is 5.91 Å². The number of nitrogens with two attached hydrogens (primary N) is 1. The Morgan fingerprint density at radius 2 is 1.69 bits per heavy atom. The number of Topliss-reactive ketones (excluding diaryl/α,β-unsaturated/α-hetero) is 1. The molecular weight excluding hydrogens is 326 g/mol. The number of carbonyl (C=O) groups is 2. The SMILES string of the molecule is NCCC(=O)NC1CCC(CC(=O)c2ccc(N3CCCC3)cc2)CC1. The lowest BCUT2D eigenvalue weighted by Crippen LogP contribution is -2.38. The van der Waals surface area contributed by atoms with Crippen molar-refractivity contribution in [3.63, 3.8) is 0 Å². The van der Waals surface area contributed by atoms with Crippen LogP contribution in [-0.4, -0.2) is 37.4 Å². The number of benzene rings is 1. The first-order chi connectivity index (χ1) is 12.7. The number of anilines is 1. The zero-order valence-electron chi connectivity index (χ0n) is 15.6. The first-order valence-electron chi connectivity index (χ1n) is 10.0. The molecule has 2 fully saturated rings. The minimum absolute atomic E-state index is 0.0464. The quantitative estimate of drug-likeness (QED) is 0.736. The molecule has 3 N–H and O–H groups in total. The highest BCUT2D eigenvalue weighted by atomic mass is 16.1. The Kier molecular flexibility index (Phi) is 6.67. The van der Waals surface area contributed by atoms with Crippen molar-refractivity contribution < 1.29 is 9.59 Å². The summed E-state index contributed by atoms with van der Waals surface area (Å²) in [6, 6.07) is 8.38. The molecule has 0 aromatic heterocycles. The first kappa shape index (κ1) is 18.9. The molecule has 1 aliphatic heterocycles. The van der Waals surface area contributed by atoms with Gasteiger partial charge in [-0.15, -0.1) is 0 Å². The predicted octanol–water partition coefficient (Wildman–Crippen LogP) is 2.88. The van der Waals surface area contributed by atoms with Crippen LogP contribution in [0, 0.1) is 5.92 Å². The summed E-state index contributed by atoms with van der Waals surface area (Å²) in [7, 11) is 0. The Morgan fingerprint density at radius 1 is 1.04 bits per heavy atom. The number of nitrogens with one attached hydrogen (secondary N) is 1. The first-order valence-corrected chi connectivity index (χ1v) is 10.0. The van der Waals surface area contributed by atoms with Crippen molar-refractivity contribution in [2.75, 3.05) is 24.5 Å². The normalized spacial score (nSPS) is 23.0. The third-order valence-electron chi connectivity index (χ3n) is 5.72. The van der Waals surface area contributed by atoms with Crippen LogP contribution in [0.15, 0.2) is 24.3 Å². The van der Waals surface area contributed by atoms with Gasteiger partial charge in [0.05, 0.1) is 0 Å². The molecule has 0 spiro atoms. The fourth-order valence-corrected chi connectivity index (χ4v) is 4.16. The van der Waals surface area contributed by atoms with E-state index in [9.17, 15) is 9.59 Å². The van der Waals surface area contributed by atoms with E-state index in [1.54, 1.807) is 0 Å². The van der Waals surface area contributed by atoms with Crippen molar-refractivity contribution in [2.45, 2.75) is 57.4 Å². The molecule has 0 atom stereocenters. The molecule has 0 radical (unpaired) electrons. The van der Waals surface area contributed by atoms with Crippen molar-refractivity contribution in [1.82, 2.24) is 5.32 Å². The minimum Gasteiger partial charge on any atom is -0.372 e. The molecule has 5 heteroatoms. The van der Waals surface area contributed by atoms with E-state index in [0.29, 0.717) is 25.3 Å². The van der Waals surface area contributed by atoms with Gasteiger partial charge in [-0.3, -0.25) is 9.59 Å². The summed E-state index contributed by atoms with van der Waals surface area (Å²) in [5.41, 5.74) is 7.47. The summed E-state index contributed by atoms with van der Waals surface area (Å²) in [5, 5.41) is 3.05. The van der Waals surface area contributed by atoms with E-state index in [1.807, 2.05) is 12.1 Å². The molecule has 1 heterocycles. The number of hydrogen-bond donors (Lipinski definition) is 2. The summed E-state index contributed by atoms with van der Waals surface area (Å²) >= 11 is 0. The lowest BCUT2D eigenvalue weighted by atomic mass is 9.82. The molecule has 1 amide bonds. The van der Waals surface area contributed by atoms with E-state index in [0.717, 1.165) is 44.3 Å². The van der Waals surface area contributed by atoms with Gasteiger partial charge in [0.25, 0.3) is 0 Å². The molecule has 2 aliphatic rings. The van der Waals surface area contributed by atoms with Gasteiger partial charge >= 0.3 is 0 Å². The third kappa shape index (κ3) is 5.07. The van der Waals surface area contributed by atoms with E-state index in [2.05, 4.69) is 22.3 Å². The summed E-state index contributed by atoms with van der Waals surface area (Å²) < 4.78 is 0. The smallest absolute Gasteiger partial charge is 0.221 e. The van der Waals surface area contributed by atoms with Crippen molar-refractivity contribution >= 4 is 17.4 Å². The van der Waals surface area contributed by atoms with Crippen LogP contribution in [-0.2, 0) is 4.79 Å². The molecule has 142 valence electrons. The van der Waals surface area contributed by atoms with Crippen molar-refractivity contribution in [1.29, 1.82) is 0 Å². The number of amides is 1. The van der Waals surface area contributed by atoms with Crippen LogP contribution in [0.3, 0.4) is 0 Å². The number of rotatable bonds is 7. The molecule has 1 aromatic carbocycles. The van der Waals surface area contributed by atoms with Gasteiger partial charge in [-0.2, -0.15) is 0 Å². The molecule has 1 aromatic rings. The Bertz CT molecular complexity index is 600. The second kappa shape index (κ2) is 9.17. The van der Waals surface area contributed by atoms with Gasteiger partial charge in [0, 0.05) is 49.8 Å². The van der Waals surface area contributed by atoms with Crippen LogP contribution in [0.4, 0.5) is 5.69 Å². The molecule has 1 saturated heterocycles. The highest BCUT2D eigenvalue weighted by molar-refractivity contribution is 5.96. The molecule has 0 bridgehead atoms. The average Bonchev–Trinajstić information content (AvgIpc) is 3.18. The minimum atomic E-state index is 0.0464. The summed E-state index contributed by atoms with van der Waals surface area (Å²) in [5.74, 6) is 0.724. The van der Waals surface area contributed by atoms with Gasteiger partial charge in [-0.1, -0.05) is 0 Å². The zero-order chi connectivity index (χ0) is 18.4. The van der Waals surface area contributed by atoms with E-state index < -0.39 is 0 Å². The maximum Gasteiger partial charge on any atom is 0.221 e. The maximum absolute atomic E-state index is 12.6. The molecule has 3 rings (SSSR count). The summed E-state index contributed by atoms with van der Waals surface area (Å²) in [6.45, 7) is 2.64. The fourth-order valence-electron chi connectivity index (χ4n) is 4.16. The Labute approximate surface area is 156 Å². The topological polar surface area (TPSA) is 75.4 Å². The van der Waals surface area contributed by atoms with Gasteiger partial charge in [0.1, 0.15) is 0 Å². The van der Waals surface area contributed by atoms with E-state index in [4.69, 9.17) is 5.73 Å². The lowest BCUT2D eigenvalue weighted by molar-refractivity contribution is -0.121. The van der Waals surface area contributed by atoms with Crippen LogP contribution < -0.4 is 16.0 Å². The Balaban J connectivity index is 1.44. The van der Waals surface area contributed by atoms with E-state index in [1.165, 1.54) is 18.5 Å². The zero-order valence-corrected chi connectivity index (χ0v) is 15.6. The molecule has 1 aliphatic carbocycles. The molecule has 1 saturated carbocycles. The van der Waals surface area contributed by atoms with Gasteiger partial charge in [0.15, 0.2) is 5.78 Å². The van der Waals surface area contributed by atoms with Crippen LogP contribution in [0.25, 0.3) is 0 Å².